The van der Waals surface area contributed by atoms with Crippen molar-refractivity contribution in [3.8, 4) is 0 Å². The van der Waals surface area contributed by atoms with Crippen LogP contribution < -0.4 is 10.4 Å². The smallest absolute Gasteiger partial charge is 0.158 e. The molecule has 84 valence electrons. The number of Topliss-reactive ketones (excluding diaryl/α,β-unsaturated/α-hetero) is 1. The van der Waals surface area contributed by atoms with Gasteiger partial charge in [0.1, 0.15) is 5.82 Å². The minimum atomic E-state index is -0.267. The van der Waals surface area contributed by atoms with Gasteiger partial charge in [-0.1, -0.05) is 0 Å². The number of nitrogens with one attached hydrogen (secondary N) is 1. The van der Waals surface area contributed by atoms with E-state index >= 15 is 0 Å². The number of carbonyl (C=O) groups excluding carboxylic acids is 1. The van der Waals surface area contributed by atoms with E-state index in [0.717, 1.165) is 17.0 Å². The Morgan fingerprint density at radius 3 is 2.50 bits per heavy atom. The Kier molecular flexibility index (Phi) is 2.75. The molecule has 0 aromatic heterocycles. The summed E-state index contributed by atoms with van der Waals surface area (Å²) in [4.78, 5) is 11.3. The van der Waals surface area contributed by atoms with Crippen molar-refractivity contribution in [2.45, 2.75) is 13.8 Å². The van der Waals surface area contributed by atoms with E-state index in [1.807, 2.05) is 6.92 Å². The first-order chi connectivity index (χ1) is 7.59. The maximum Gasteiger partial charge on any atom is 0.158 e. The van der Waals surface area contributed by atoms with E-state index in [4.69, 9.17) is 0 Å². The van der Waals surface area contributed by atoms with Gasteiger partial charge < -0.3 is 0 Å². The molecule has 4 heteroatoms. The van der Waals surface area contributed by atoms with Crippen molar-refractivity contribution in [1.82, 2.24) is 5.43 Å². The van der Waals surface area contributed by atoms with Crippen LogP contribution in [0.25, 0.3) is 0 Å². The Morgan fingerprint density at radius 1 is 1.38 bits per heavy atom. The Morgan fingerprint density at radius 2 is 2.00 bits per heavy atom. The maximum absolute atomic E-state index is 12.8. The van der Waals surface area contributed by atoms with E-state index < -0.39 is 0 Å². The van der Waals surface area contributed by atoms with E-state index in [2.05, 4.69) is 5.43 Å². The van der Waals surface area contributed by atoms with Crippen LogP contribution in [0.15, 0.2) is 35.5 Å². The molecule has 0 atom stereocenters. The molecule has 0 aliphatic carbocycles. The monoisotopic (exact) mass is 220 g/mol. The molecule has 0 saturated carbocycles. The molecule has 1 heterocycles. The topological polar surface area (TPSA) is 32.3 Å². The van der Waals surface area contributed by atoms with Crippen LogP contribution in [0.2, 0.25) is 0 Å². The molecule has 2 rings (SSSR count). The van der Waals surface area contributed by atoms with Crippen LogP contribution in [0.1, 0.15) is 13.8 Å². The number of benzene rings is 1. The van der Waals surface area contributed by atoms with Crippen LogP contribution in [0.4, 0.5) is 10.1 Å². The molecule has 16 heavy (non-hydrogen) atoms. The third-order valence-corrected chi connectivity index (χ3v) is 2.70. The standard InChI is InChI=1S/C12H13FN2O/c1-8-12(9(2)16)7-14-15(8)11-5-3-10(13)4-6-11/h3-6,14H,7H2,1-2H3. The van der Waals surface area contributed by atoms with Crippen LogP contribution in [0, 0.1) is 5.82 Å². The average molecular weight is 220 g/mol. The number of hydrogen-bond donors (Lipinski definition) is 1. The van der Waals surface area contributed by atoms with Crippen molar-refractivity contribution in [3.05, 3.63) is 41.4 Å². The Labute approximate surface area is 93.5 Å². The molecule has 0 radical (unpaired) electrons. The normalized spacial score (nSPS) is 15.8. The number of carbonyl (C=O) groups is 1. The highest BCUT2D eigenvalue weighted by atomic mass is 19.1. The minimum absolute atomic E-state index is 0.0645. The first-order valence-electron chi connectivity index (χ1n) is 5.09. The van der Waals surface area contributed by atoms with Gasteiger partial charge in [-0.2, -0.15) is 0 Å². The molecule has 1 aliphatic heterocycles. The van der Waals surface area contributed by atoms with Gasteiger partial charge in [0, 0.05) is 17.8 Å². The zero-order valence-electron chi connectivity index (χ0n) is 9.25. The van der Waals surface area contributed by atoms with Gasteiger partial charge in [-0.15, -0.1) is 0 Å². The Bertz CT molecular complexity index is 451. The Balaban J connectivity index is 2.31. The molecule has 0 fully saturated rings. The molecule has 0 unspecified atom stereocenters. The van der Waals surface area contributed by atoms with E-state index in [-0.39, 0.29) is 11.6 Å². The predicted octanol–water partition coefficient (Wildman–Crippen LogP) is 2.01. The molecule has 0 bridgehead atoms. The summed E-state index contributed by atoms with van der Waals surface area (Å²) in [6.45, 7) is 3.95. The van der Waals surface area contributed by atoms with Crippen molar-refractivity contribution in [2.75, 3.05) is 11.6 Å². The summed E-state index contributed by atoms with van der Waals surface area (Å²) in [6, 6.07) is 6.15. The van der Waals surface area contributed by atoms with Crippen LogP contribution in [0.5, 0.6) is 0 Å². The largest absolute Gasteiger partial charge is 0.295 e. The lowest BCUT2D eigenvalue weighted by Crippen LogP contribution is -2.30. The second-order valence-corrected chi connectivity index (χ2v) is 3.77. The van der Waals surface area contributed by atoms with E-state index in [9.17, 15) is 9.18 Å². The number of nitrogens with zero attached hydrogens (tertiary/aromatic N) is 1. The third kappa shape index (κ3) is 1.84. The first-order valence-corrected chi connectivity index (χ1v) is 5.09. The number of halogens is 1. The summed E-state index contributed by atoms with van der Waals surface area (Å²) in [5, 5.41) is 1.80. The number of rotatable bonds is 2. The summed E-state index contributed by atoms with van der Waals surface area (Å²) >= 11 is 0. The molecule has 1 N–H and O–H groups in total. The molecule has 0 spiro atoms. The summed E-state index contributed by atoms with van der Waals surface area (Å²) in [7, 11) is 0. The molecule has 1 aromatic carbocycles. The maximum atomic E-state index is 12.8. The van der Waals surface area contributed by atoms with Gasteiger partial charge in [-0.3, -0.25) is 9.80 Å². The fourth-order valence-electron chi connectivity index (χ4n) is 1.79. The second-order valence-electron chi connectivity index (χ2n) is 3.77. The van der Waals surface area contributed by atoms with Crippen molar-refractivity contribution in [2.24, 2.45) is 0 Å². The van der Waals surface area contributed by atoms with Crippen molar-refractivity contribution in [3.63, 3.8) is 0 Å². The van der Waals surface area contributed by atoms with E-state index in [0.29, 0.717) is 6.54 Å². The highest BCUT2D eigenvalue weighted by molar-refractivity contribution is 5.95. The zero-order chi connectivity index (χ0) is 11.7. The molecule has 0 saturated heterocycles. The lowest BCUT2D eigenvalue weighted by Gasteiger charge is -2.19. The Hall–Kier alpha value is -1.68. The predicted molar refractivity (Wildman–Crippen MR) is 60.3 cm³/mol. The number of allylic oxidation sites excluding steroid dienone is 1. The van der Waals surface area contributed by atoms with Gasteiger partial charge in [-0.05, 0) is 38.1 Å². The van der Waals surface area contributed by atoms with Gasteiger partial charge >= 0.3 is 0 Å². The third-order valence-electron chi connectivity index (χ3n) is 2.70. The first kappa shape index (κ1) is 10.8. The fourth-order valence-corrected chi connectivity index (χ4v) is 1.79. The van der Waals surface area contributed by atoms with Crippen LogP contribution >= 0.6 is 0 Å². The SMILES string of the molecule is CC(=O)C1=C(C)N(c2ccc(F)cc2)NC1. The summed E-state index contributed by atoms with van der Waals surface area (Å²) < 4.78 is 12.8. The highest BCUT2D eigenvalue weighted by Gasteiger charge is 2.22. The molecule has 1 aromatic rings. The second kappa shape index (κ2) is 4.06. The molecular formula is C12H13FN2O. The summed E-state index contributed by atoms with van der Waals surface area (Å²) in [5.41, 5.74) is 5.56. The van der Waals surface area contributed by atoms with Gasteiger partial charge in [-0.25, -0.2) is 9.82 Å². The zero-order valence-corrected chi connectivity index (χ0v) is 9.25. The minimum Gasteiger partial charge on any atom is -0.295 e. The van der Waals surface area contributed by atoms with Gasteiger partial charge in [0.15, 0.2) is 5.78 Å². The van der Waals surface area contributed by atoms with Crippen LogP contribution in [-0.4, -0.2) is 12.3 Å². The van der Waals surface area contributed by atoms with Gasteiger partial charge in [0.05, 0.1) is 5.69 Å². The van der Waals surface area contributed by atoms with E-state index in [1.54, 1.807) is 24.1 Å². The molecular weight excluding hydrogens is 207 g/mol. The van der Waals surface area contributed by atoms with Crippen LogP contribution in [-0.2, 0) is 4.79 Å². The molecule has 1 aliphatic rings. The number of hydrogen-bond acceptors (Lipinski definition) is 3. The van der Waals surface area contributed by atoms with E-state index in [1.165, 1.54) is 12.1 Å². The van der Waals surface area contributed by atoms with Crippen LogP contribution in [0.3, 0.4) is 0 Å². The molecule has 0 amide bonds. The van der Waals surface area contributed by atoms with Gasteiger partial charge in [0.25, 0.3) is 0 Å². The summed E-state index contributed by atoms with van der Waals surface area (Å²) in [6.07, 6.45) is 0. The quantitative estimate of drug-likeness (QED) is 0.827. The summed E-state index contributed by atoms with van der Waals surface area (Å²) in [5.74, 6) is -0.203. The van der Waals surface area contributed by atoms with Crippen molar-refractivity contribution >= 4 is 11.5 Å². The number of ketones is 1. The molecule has 3 nitrogen and oxygen atoms in total. The lowest BCUT2D eigenvalue weighted by atomic mass is 10.1. The average Bonchev–Trinajstić information content (AvgIpc) is 2.61. The number of anilines is 1. The van der Waals surface area contributed by atoms with Gasteiger partial charge in [0.2, 0.25) is 0 Å². The number of hydrazine groups is 1. The highest BCUT2D eigenvalue weighted by Crippen LogP contribution is 2.23. The van der Waals surface area contributed by atoms with Crippen molar-refractivity contribution in [1.29, 1.82) is 0 Å². The van der Waals surface area contributed by atoms with Crippen molar-refractivity contribution < 1.29 is 9.18 Å². The fraction of sp³-hybridized carbons (Fsp3) is 0.250. The lowest BCUT2D eigenvalue weighted by molar-refractivity contribution is -0.113.